The average molecular weight is 463 g/mol. The molecule has 1 heterocycles. The highest BCUT2D eigenvalue weighted by Crippen LogP contribution is 2.31. The Morgan fingerprint density at radius 3 is 2.38 bits per heavy atom. The number of hydrogen-bond acceptors (Lipinski definition) is 7. The fourth-order valence-corrected chi connectivity index (χ4v) is 5.51. The molecular weight excluding hydrogens is 432 g/mol. The lowest BCUT2D eigenvalue weighted by molar-refractivity contribution is -0.385. The molecule has 0 spiro atoms. The highest BCUT2D eigenvalue weighted by atomic mass is 32.2. The molecule has 1 atom stereocenters. The Hall–Kier alpha value is -2.53. The second-order valence-corrected chi connectivity index (χ2v) is 9.39. The number of sulfonamides is 1. The van der Waals surface area contributed by atoms with Crippen LogP contribution in [0.3, 0.4) is 0 Å². The van der Waals surface area contributed by atoms with E-state index in [9.17, 15) is 18.5 Å². The van der Waals surface area contributed by atoms with Crippen LogP contribution in [0.25, 0.3) is 0 Å². The van der Waals surface area contributed by atoms with Crippen LogP contribution < -0.4 is 5.32 Å². The molecule has 1 aliphatic heterocycles. The van der Waals surface area contributed by atoms with Gasteiger partial charge in [-0.3, -0.25) is 15.0 Å². The number of nitrogens with zero attached hydrogens (tertiary/aromatic N) is 3. The van der Waals surface area contributed by atoms with E-state index in [1.54, 1.807) is 0 Å². The zero-order valence-electron chi connectivity index (χ0n) is 18.4. The van der Waals surface area contributed by atoms with Crippen molar-refractivity contribution in [3.63, 3.8) is 0 Å². The normalized spacial score (nSPS) is 16.1. The molecule has 0 unspecified atom stereocenters. The van der Waals surface area contributed by atoms with Crippen LogP contribution in [0.2, 0.25) is 0 Å². The number of morpholine rings is 1. The zero-order valence-corrected chi connectivity index (χ0v) is 19.3. The molecule has 174 valence electrons. The van der Waals surface area contributed by atoms with Crippen molar-refractivity contribution < 1.29 is 18.1 Å². The van der Waals surface area contributed by atoms with E-state index in [0.29, 0.717) is 25.4 Å². The molecular formula is C22H30N4O5S. The van der Waals surface area contributed by atoms with Gasteiger partial charge >= 0.3 is 0 Å². The van der Waals surface area contributed by atoms with Gasteiger partial charge in [-0.05, 0) is 24.7 Å². The SMILES string of the molecule is CCN(CC)[C@H](CNc1ccc([N+](=O)[O-])cc1S(=O)(=O)N1CCOCC1)c1ccccc1. The van der Waals surface area contributed by atoms with Crippen LogP contribution in [0, 0.1) is 10.1 Å². The third-order valence-electron chi connectivity index (χ3n) is 5.69. The number of rotatable bonds is 10. The van der Waals surface area contributed by atoms with Crippen molar-refractivity contribution in [3.8, 4) is 0 Å². The van der Waals surface area contributed by atoms with Crippen molar-refractivity contribution in [2.45, 2.75) is 24.8 Å². The van der Waals surface area contributed by atoms with E-state index < -0.39 is 14.9 Å². The Kier molecular flexibility index (Phi) is 8.19. The Morgan fingerprint density at radius 1 is 1.12 bits per heavy atom. The maximum atomic E-state index is 13.3. The minimum absolute atomic E-state index is 0.0142. The van der Waals surface area contributed by atoms with Gasteiger partial charge in [0.25, 0.3) is 5.69 Å². The van der Waals surface area contributed by atoms with Crippen LogP contribution >= 0.6 is 0 Å². The number of likely N-dealkylation sites (N-methyl/N-ethyl adjacent to an activating group) is 1. The van der Waals surface area contributed by atoms with Gasteiger partial charge in [-0.25, -0.2) is 8.42 Å². The van der Waals surface area contributed by atoms with E-state index in [1.165, 1.54) is 16.4 Å². The second-order valence-electron chi connectivity index (χ2n) is 7.48. The average Bonchev–Trinajstić information content (AvgIpc) is 2.82. The van der Waals surface area contributed by atoms with Gasteiger partial charge in [-0.1, -0.05) is 44.2 Å². The first-order valence-corrected chi connectivity index (χ1v) is 12.2. The van der Waals surface area contributed by atoms with Crippen molar-refractivity contribution in [2.24, 2.45) is 0 Å². The number of hydrogen-bond donors (Lipinski definition) is 1. The quantitative estimate of drug-likeness (QED) is 0.427. The molecule has 1 aliphatic rings. The summed E-state index contributed by atoms with van der Waals surface area (Å²) in [7, 11) is -3.92. The largest absolute Gasteiger partial charge is 0.382 e. The van der Waals surface area contributed by atoms with Crippen molar-refractivity contribution in [1.82, 2.24) is 9.21 Å². The molecule has 9 nitrogen and oxygen atoms in total. The summed E-state index contributed by atoms with van der Waals surface area (Å²) in [4.78, 5) is 13.0. The Balaban J connectivity index is 1.95. The number of anilines is 1. The molecule has 3 rings (SSSR count). The van der Waals surface area contributed by atoms with Gasteiger partial charge in [0, 0.05) is 31.8 Å². The van der Waals surface area contributed by atoms with Crippen LogP contribution in [0.5, 0.6) is 0 Å². The van der Waals surface area contributed by atoms with Crippen LogP contribution in [0.4, 0.5) is 11.4 Å². The summed E-state index contributed by atoms with van der Waals surface area (Å²) in [6, 6.07) is 14.0. The van der Waals surface area contributed by atoms with Crippen LogP contribution in [0.1, 0.15) is 25.5 Å². The first-order valence-electron chi connectivity index (χ1n) is 10.8. The molecule has 0 amide bonds. The summed E-state index contributed by atoms with van der Waals surface area (Å²) in [6.07, 6.45) is 0. The monoisotopic (exact) mass is 462 g/mol. The Morgan fingerprint density at radius 2 is 1.78 bits per heavy atom. The van der Waals surface area contributed by atoms with E-state index in [1.807, 2.05) is 30.3 Å². The third-order valence-corrected chi connectivity index (χ3v) is 7.63. The van der Waals surface area contributed by atoms with Crippen LogP contribution in [0.15, 0.2) is 53.4 Å². The summed E-state index contributed by atoms with van der Waals surface area (Å²) in [5.74, 6) is 0. The topological polar surface area (TPSA) is 105 Å². The highest BCUT2D eigenvalue weighted by molar-refractivity contribution is 7.89. The molecule has 0 saturated carbocycles. The van der Waals surface area contributed by atoms with Crippen LogP contribution in [-0.4, -0.2) is 68.5 Å². The third kappa shape index (κ3) is 5.44. The standard InChI is InChI=1S/C22H30N4O5S/c1-3-24(4-2)21(18-8-6-5-7-9-18)17-23-20-11-10-19(26(27)28)16-22(20)32(29,30)25-12-14-31-15-13-25/h5-11,16,21,23H,3-4,12-15,17H2,1-2H3/t21-/m1/s1. The molecule has 1 saturated heterocycles. The fourth-order valence-electron chi connectivity index (χ4n) is 3.91. The van der Waals surface area contributed by atoms with Gasteiger partial charge in [0.15, 0.2) is 0 Å². The summed E-state index contributed by atoms with van der Waals surface area (Å²) < 4.78 is 33.3. The van der Waals surface area contributed by atoms with Gasteiger partial charge in [-0.2, -0.15) is 4.31 Å². The molecule has 0 aromatic heterocycles. The molecule has 32 heavy (non-hydrogen) atoms. The van der Waals surface area contributed by atoms with Crippen molar-refractivity contribution in [3.05, 3.63) is 64.2 Å². The minimum Gasteiger partial charge on any atom is -0.382 e. The number of nitro benzene ring substituents is 1. The van der Waals surface area contributed by atoms with Crippen molar-refractivity contribution >= 4 is 21.4 Å². The number of benzene rings is 2. The van der Waals surface area contributed by atoms with E-state index in [0.717, 1.165) is 24.7 Å². The number of nitrogens with one attached hydrogen (secondary N) is 1. The Labute approximate surface area is 189 Å². The van der Waals surface area contributed by atoms with Gasteiger partial charge in [0.2, 0.25) is 10.0 Å². The van der Waals surface area contributed by atoms with Gasteiger partial charge in [0.1, 0.15) is 4.90 Å². The lowest BCUT2D eigenvalue weighted by Gasteiger charge is -2.31. The predicted molar refractivity (Wildman–Crippen MR) is 123 cm³/mol. The predicted octanol–water partition coefficient (Wildman–Crippen LogP) is 3.11. The molecule has 1 N–H and O–H groups in total. The zero-order chi connectivity index (χ0) is 23.1. The minimum atomic E-state index is -3.92. The summed E-state index contributed by atoms with van der Waals surface area (Å²) in [6.45, 7) is 7.32. The molecule has 10 heteroatoms. The molecule has 2 aromatic carbocycles. The summed E-state index contributed by atoms with van der Waals surface area (Å²) >= 11 is 0. The molecule has 0 radical (unpaired) electrons. The smallest absolute Gasteiger partial charge is 0.270 e. The van der Waals surface area contributed by atoms with Crippen molar-refractivity contribution in [2.75, 3.05) is 51.3 Å². The lowest BCUT2D eigenvalue weighted by Crippen LogP contribution is -2.41. The van der Waals surface area contributed by atoms with Crippen LogP contribution in [-0.2, 0) is 14.8 Å². The maximum Gasteiger partial charge on any atom is 0.270 e. The molecule has 2 aromatic rings. The first-order chi connectivity index (χ1) is 15.4. The van der Waals surface area contributed by atoms with Gasteiger partial charge in [0.05, 0.1) is 29.9 Å². The summed E-state index contributed by atoms with van der Waals surface area (Å²) in [5.41, 5.74) is 1.21. The van der Waals surface area contributed by atoms with Gasteiger partial charge < -0.3 is 10.1 Å². The molecule has 0 aliphatic carbocycles. The van der Waals surface area contributed by atoms with E-state index in [-0.39, 0.29) is 29.7 Å². The molecule has 0 bridgehead atoms. The van der Waals surface area contributed by atoms with Gasteiger partial charge in [-0.15, -0.1) is 0 Å². The first kappa shape index (κ1) is 24.1. The number of ether oxygens (including phenoxy) is 1. The second kappa shape index (κ2) is 10.9. The maximum absolute atomic E-state index is 13.3. The van der Waals surface area contributed by atoms with E-state index in [2.05, 4.69) is 24.1 Å². The lowest BCUT2D eigenvalue weighted by atomic mass is 10.0. The number of non-ortho nitro benzene ring substituents is 1. The molecule has 1 fully saturated rings. The number of nitro groups is 1. The van der Waals surface area contributed by atoms with E-state index in [4.69, 9.17) is 4.74 Å². The Bertz CT molecular complexity index is 1010. The highest BCUT2D eigenvalue weighted by Gasteiger charge is 2.31. The fraction of sp³-hybridized carbons (Fsp3) is 0.455. The summed E-state index contributed by atoms with van der Waals surface area (Å²) in [5, 5.41) is 14.6. The van der Waals surface area contributed by atoms with Crippen molar-refractivity contribution in [1.29, 1.82) is 0 Å². The van der Waals surface area contributed by atoms with E-state index >= 15 is 0 Å².